The molecular formula is C21H17F2N5. The fraction of sp³-hybridized carbons (Fsp3) is 0.190. The van der Waals surface area contributed by atoms with Crippen LogP contribution in [0.1, 0.15) is 24.1 Å². The van der Waals surface area contributed by atoms with Crippen molar-refractivity contribution in [1.82, 2.24) is 20.2 Å². The zero-order valence-corrected chi connectivity index (χ0v) is 15.0. The Labute approximate surface area is 159 Å². The van der Waals surface area contributed by atoms with E-state index < -0.39 is 11.6 Å². The SMILES string of the molecule is Fc1cc(F)c2[nH]nc(Nc3nc(-c4ccccc4)nc4c3CCCC4)c2c1. The minimum Gasteiger partial charge on any atom is -0.323 e. The van der Waals surface area contributed by atoms with E-state index in [2.05, 4.69) is 15.5 Å². The van der Waals surface area contributed by atoms with Crippen LogP contribution >= 0.6 is 0 Å². The number of anilines is 2. The van der Waals surface area contributed by atoms with Gasteiger partial charge in [-0.15, -0.1) is 0 Å². The van der Waals surface area contributed by atoms with E-state index in [0.29, 0.717) is 22.8 Å². The Balaban J connectivity index is 1.63. The van der Waals surface area contributed by atoms with Crippen LogP contribution in [0.15, 0.2) is 42.5 Å². The van der Waals surface area contributed by atoms with Crippen molar-refractivity contribution in [2.24, 2.45) is 0 Å². The summed E-state index contributed by atoms with van der Waals surface area (Å²) >= 11 is 0. The summed E-state index contributed by atoms with van der Waals surface area (Å²) in [6.07, 6.45) is 3.88. The molecule has 28 heavy (non-hydrogen) atoms. The molecular weight excluding hydrogens is 360 g/mol. The molecule has 2 N–H and O–H groups in total. The highest BCUT2D eigenvalue weighted by molar-refractivity contribution is 5.91. The largest absolute Gasteiger partial charge is 0.323 e. The van der Waals surface area contributed by atoms with Crippen molar-refractivity contribution in [1.29, 1.82) is 0 Å². The summed E-state index contributed by atoms with van der Waals surface area (Å²) in [5.41, 5.74) is 3.14. The number of hydrogen-bond acceptors (Lipinski definition) is 4. The minimum atomic E-state index is -0.676. The summed E-state index contributed by atoms with van der Waals surface area (Å²) < 4.78 is 27.7. The summed E-state index contributed by atoms with van der Waals surface area (Å²) in [6, 6.07) is 11.8. The smallest absolute Gasteiger partial charge is 0.161 e. The van der Waals surface area contributed by atoms with Crippen LogP contribution in [0, 0.1) is 11.6 Å². The number of aryl methyl sites for hydroxylation is 1. The Bertz CT molecular complexity index is 1170. The molecule has 0 saturated carbocycles. The number of aromatic nitrogens is 4. The Morgan fingerprint density at radius 3 is 2.61 bits per heavy atom. The molecule has 0 atom stereocenters. The van der Waals surface area contributed by atoms with E-state index in [1.165, 1.54) is 6.07 Å². The first-order valence-electron chi connectivity index (χ1n) is 9.24. The van der Waals surface area contributed by atoms with E-state index in [4.69, 9.17) is 9.97 Å². The van der Waals surface area contributed by atoms with Crippen LogP contribution in [0.4, 0.5) is 20.4 Å². The fourth-order valence-electron chi connectivity index (χ4n) is 3.67. The number of hydrogen-bond donors (Lipinski definition) is 2. The van der Waals surface area contributed by atoms with Gasteiger partial charge >= 0.3 is 0 Å². The van der Waals surface area contributed by atoms with Crippen molar-refractivity contribution in [2.45, 2.75) is 25.7 Å². The Hall–Kier alpha value is -3.35. The first-order chi connectivity index (χ1) is 13.7. The summed E-state index contributed by atoms with van der Waals surface area (Å²) in [7, 11) is 0. The molecule has 7 heteroatoms. The third-order valence-electron chi connectivity index (χ3n) is 5.04. The van der Waals surface area contributed by atoms with Crippen molar-refractivity contribution >= 4 is 22.5 Å². The first-order valence-corrected chi connectivity index (χ1v) is 9.24. The summed E-state index contributed by atoms with van der Waals surface area (Å²) in [6.45, 7) is 0. The van der Waals surface area contributed by atoms with Gasteiger partial charge in [-0.1, -0.05) is 30.3 Å². The van der Waals surface area contributed by atoms with Gasteiger partial charge in [0.1, 0.15) is 17.2 Å². The van der Waals surface area contributed by atoms with Gasteiger partial charge in [0.2, 0.25) is 0 Å². The molecule has 4 aromatic rings. The normalized spacial score (nSPS) is 13.5. The average molecular weight is 377 g/mol. The van der Waals surface area contributed by atoms with Crippen molar-refractivity contribution in [3.8, 4) is 11.4 Å². The Morgan fingerprint density at radius 2 is 1.75 bits per heavy atom. The zero-order chi connectivity index (χ0) is 19.1. The third kappa shape index (κ3) is 2.89. The Kier molecular flexibility index (Phi) is 4.00. The molecule has 0 radical (unpaired) electrons. The van der Waals surface area contributed by atoms with E-state index in [0.717, 1.165) is 48.6 Å². The van der Waals surface area contributed by atoms with Gasteiger partial charge in [0, 0.05) is 22.9 Å². The van der Waals surface area contributed by atoms with Crippen LogP contribution in [-0.4, -0.2) is 20.2 Å². The predicted octanol–water partition coefficient (Wildman–Crippen LogP) is 4.92. The highest BCUT2D eigenvalue weighted by atomic mass is 19.1. The summed E-state index contributed by atoms with van der Waals surface area (Å²) in [4.78, 5) is 9.48. The maximum atomic E-state index is 14.0. The lowest BCUT2D eigenvalue weighted by Crippen LogP contribution is -2.12. The van der Waals surface area contributed by atoms with E-state index in [1.54, 1.807) is 0 Å². The quantitative estimate of drug-likeness (QED) is 0.532. The number of halogens is 2. The van der Waals surface area contributed by atoms with Gasteiger partial charge in [-0.2, -0.15) is 5.10 Å². The van der Waals surface area contributed by atoms with Crippen LogP contribution in [0.2, 0.25) is 0 Å². The van der Waals surface area contributed by atoms with Gasteiger partial charge in [0.15, 0.2) is 17.5 Å². The lowest BCUT2D eigenvalue weighted by molar-refractivity contribution is 0.590. The highest BCUT2D eigenvalue weighted by Gasteiger charge is 2.20. The van der Waals surface area contributed by atoms with Gasteiger partial charge in [-0.25, -0.2) is 18.7 Å². The molecule has 0 aliphatic heterocycles. The topological polar surface area (TPSA) is 66.5 Å². The van der Waals surface area contributed by atoms with Crippen LogP contribution in [-0.2, 0) is 12.8 Å². The van der Waals surface area contributed by atoms with Crippen molar-refractivity contribution in [2.75, 3.05) is 5.32 Å². The molecule has 2 aromatic heterocycles. The number of benzene rings is 2. The van der Waals surface area contributed by atoms with Crippen LogP contribution < -0.4 is 5.32 Å². The molecule has 1 aliphatic rings. The summed E-state index contributed by atoms with van der Waals surface area (Å²) in [5.74, 6) is 0.288. The zero-order valence-electron chi connectivity index (χ0n) is 15.0. The molecule has 0 fully saturated rings. The van der Waals surface area contributed by atoms with Crippen LogP contribution in [0.25, 0.3) is 22.3 Å². The lowest BCUT2D eigenvalue weighted by Gasteiger charge is -2.19. The van der Waals surface area contributed by atoms with E-state index in [-0.39, 0.29) is 5.52 Å². The molecule has 0 bridgehead atoms. The van der Waals surface area contributed by atoms with Gasteiger partial charge < -0.3 is 5.32 Å². The molecule has 140 valence electrons. The van der Waals surface area contributed by atoms with Crippen molar-refractivity contribution < 1.29 is 8.78 Å². The maximum Gasteiger partial charge on any atom is 0.161 e. The standard InChI is InChI=1S/C21H17F2N5/c22-13-10-15-18(16(23)11-13)27-28-21(15)26-20-14-8-4-5-9-17(14)24-19(25-20)12-6-2-1-3-7-12/h1-3,6-7,10-11H,4-5,8-9H2,(H2,24,25,26,27,28). The monoisotopic (exact) mass is 377 g/mol. The van der Waals surface area contributed by atoms with Gasteiger partial charge in [0.05, 0.1) is 5.39 Å². The van der Waals surface area contributed by atoms with Gasteiger partial charge in [-0.05, 0) is 31.7 Å². The maximum absolute atomic E-state index is 14.0. The van der Waals surface area contributed by atoms with Gasteiger partial charge in [-0.3, -0.25) is 5.10 Å². The highest BCUT2D eigenvalue weighted by Crippen LogP contribution is 2.32. The second-order valence-electron chi connectivity index (χ2n) is 6.90. The number of H-pyrrole nitrogens is 1. The average Bonchev–Trinajstić information content (AvgIpc) is 3.11. The van der Waals surface area contributed by atoms with E-state index >= 15 is 0 Å². The molecule has 0 saturated heterocycles. The molecule has 1 aliphatic carbocycles. The molecule has 0 amide bonds. The minimum absolute atomic E-state index is 0.162. The molecule has 5 nitrogen and oxygen atoms in total. The molecule has 5 rings (SSSR count). The number of aromatic amines is 1. The van der Waals surface area contributed by atoms with Crippen molar-refractivity contribution in [3.05, 3.63) is 65.4 Å². The second-order valence-corrected chi connectivity index (χ2v) is 6.90. The first kappa shape index (κ1) is 16.8. The van der Waals surface area contributed by atoms with E-state index in [1.807, 2.05) is 30.3 Å². The Morgan fingerprint density at radius 1 is 0.929 bits per heavy atom. The summed E-state index contributed by atoms with van der Waals surface area (Å²) in [5, 5.41) is 10.3. The molecule has 2 heterocycles. The van der Waals surface area contributed by atoms with Crippen molar-refractivity contribution in [3.63, 3.8) is 0 Å². The lowest BCUT2D eigenvalue weighted by atomic mass is 9.96. The number of rotatable bonds is 3. The van der Waals surface area contributed by atoms with Gasteiger partial charge in [0.25, 0.3) is 0 Å². The van der Waals surface area contributed by atoms with E-state index in [9.17, 15) is 8.78 Å². The second kappa shape index (κ2) is 6.67. The predicted molar refractivity (Wildman–Crippen MR) is 103 cm³/mol. The molecule has 0 spiro atoms. The number of nitrogens with one attached hydrogen (secondary N) is 2. The molecule has 2 aromatic carbocycles. The number of fused-ring (bicyclic) bond motifs is 2. The third-order valence-corrected chi connectivity index (χ3v) is 5.04. The van der Waals surface area contributed by atoms with Crippen LogP contribution in [0.5, 0.6) is 0 Å². The molecule has 0 unspecified atom stereocenters. The van der Waals surface area contributed by atoms with Crippen LogP contribution in [0.3, 0.4) is 0 Å². The number of nitrogens with zero attached hydrogens (tertiary/aromatic N) is 3. The fourth-order valence-corrected chi connectivity index (χ4v) is 3.67.